The first-order valence-corrected chi connectivity index (χ1v) is 9.80. The number of carbonyl (C=O) groups excluding carboxylic acids is 1. The molecule has 1 aliphatic rings. The quantitative estimate of drug-likeness (QED) is 0.334. The Hall–Kier alpha value is -2.60. The Morgan fingerprint density at radius 3 is 2.45 bits per heavy atom. The largest absolute Gasteiger partial charge is 0.470 e. The van der Waals surface area contributed by atoms with E-state index in [0.717, 1.165) is 16.8 Å². The summed E-state index contributed by atoms with van der Waals surface area (Å²) in [6.07, 6.45) is -4.84. The van der Waals surface area contributed by atoms with E-state index in [9.17, 15) is 33.8 Å². The topological polar surface area (TPSA) is 177 Å². The van der Waals surface area contributed by atoms with Crippen LogP contribution >= 0.6 is 7.82 Å². The molecular weight excluding hydrogens is 411 g/mol. The van der Waals surface area contributed by atoms with Gasteiger partial charge in [0.15, 0.2) is 12.3 Å². The summed E-state index contributed by atoms with van der Waals surface area (Å²) in [6, 6.07) is 8.71. The number of aliphatic hydroxyl groups is 1. The molecule has 1 aromatic carbocycles. The van der Waals surface area contributed by atoms with Crippen LogP contribution < -0.4 is 11.2 Å². The molecule has 1 aliphatic heterocycles. The number of aromatic amines is 1. The Kier molecular flexibility index (Phi) is 6.13. The number of benzene rings is 1. The fraction of sp³-hybridized carbons (Fsp3) is 0.312. The molecule has 0 amide bonds. The number of hydrogen-bond acceptors (Lipinski definition) is 8. The van der Waals surface area contributed by atoms with Crippen molar-refractivity contribution in [2.75, 3.05) is 6.61 Å². The molecule has 2 heterocycles. The molecule has 12 nitrogen and oxygen atoms in total. The highest BCUT2D eigenvalue weighted by molar-refractivity contribution is 7.46. The Morgan fingerprint density at radius 1 is 1.17 bits per heavy atom. The third-order valence-corrected chi connectivity index (χ3v) is 4.62. The van der Waals surface area contributed by atoms with Crippen molar-refractivity contribution in [3.63, 3.8) is 0 Å². The predicted molar refractivity (Wildman–Crippen MR) is 94.9 cm³/mol. The van der Waals surface area contributed by atoms with Gasteiger partial charge in [-0.25, -0.2) is 14.2 Å². The molecule has 156 valence electrons. The smallest absolute Gasteiger partial charge is 0.451 e. The van der Waals surface area contributed by atoms with Gasteiger partial charge in [0.05, 0.1) is 12.2 Å². The zero-order valence-electron chi connectivity index (χ0n) is 14.7. The number of phosphoric ester groups is 1. The molecule has 0 bridgehead atoms. The number of hydrogen-bond donors (Lipinski definition) is 4. The third-order valence-electron chi connectivity index (χ3n) is 4.10. The zero-order chi connectivity index (χ0) is 21.2. The minimum Gasteiger partial charge on any atom is -0.451 e. The molecule has 1 saturated heterocycles. The van der Waals surface area contributed by atoms with Gasteiger partial charge >= 0.3 is 19.5 Å². The van der Waals surface area contributed by atoms with Gasteiger partial charge in [-0.3, -0.25) is 18.9 Å². The van der Waals surface area contributed by atoms with Crippen LogP contribution in [0.4, 0.5) is 0 Å². The SMILES string of the molecule is O=C(O[C@@H]1[C@H](OP(=O)(O)O)[C@@H](CO)O[C@H]1n1ccc(=O)[nH]c1=O)c1ccccc1. The predicted octanol–water partition coefficient (Wildman–Crippen LogP) is -0.870. The van der Waals surface area contributed by atoms with Crippen LogP contribution in [-0.2, 0) is 18.6 Å². The molecule has 0 radical (unpaired) electrons. The summed E-state index contributed by atoms with van der Waals surface area (Å²) in [7, 11) is -5.08. The Morgan fingerprint density at radius 2 is 1.86 bits per heavy atom. The lowest BCUT2D eigenvalue weighted by Gasteiger charge is -2.24. The van der Waals surface area contributed by atoms with Crippen molar-refractivity contribution < 1.29 is 38.3 Å². The van der Waals surface area contributed by atoms with Crippen LogP contribution in [-0.4, -0.2) is 55.3 Å². The lowest BCUT2D eigenvalue weighted by atomic mass is 10.1. The highest BCUT2D eigenvalue weighted by Crippen LogP contribution is 2.44. The van der Waals surface area contributed by atoms with E-state index in [1.165, 1.54) is 12.1 Å². The number of aliphatic hydroxyl groups excluding tert-OH is 1. The number of phosphoric acid groups is 1. The van der Waals surface area contributed by atoms with Crippen LogP contribution in [0.3, 0.4) is 0 Å². The summed E-state index contributed by atoms with van der Waals surface area (Å²) < 4.78 is 27.7. The van der Waals surface area contributed by atoms with E-state index in [1.54, 1.807) is 18.2 Å². The summed E-state index contributed by atoms with van der Waals surface area (Å²) in [6.45, 7) is -0.751. The van der Waals surface area contributed by atoms with E-state index in [4.69, 9.17) is 9.47 Å². The molecule has 2 aromatic rings. The summed E-state index contributed by atoms with van der Waals surface area (Å²) in [4.78, 5) is 56.3. The lowest BCUT2D eigenvalue weighted by Crippen LogP contribution is -2.41. The number of H-pyrrole nitrogens is 1. The minimum absolute atomic E-state index is 0.127. The first kappa shape index (κ1) is 21.1. The number of rotatable bonds is 6. The van der Waals surface area contributed by atoms with Crippen molar-refractivity contribution in [3.8, 4) is 0 Å². The maximum atomic E-state index is 12.5. The van der Waals surface area contributed by atoms with E-state index < -0.39 is 56.2 Å². The van der Waals surface area contributed by atoms with E-state index in [0.29, 0.717) is 0 Å². The van der Waals surface area contributed by atoms with Gasteiger partial charge in [-0.15, -0.1) is 0 Å². The molecular formula is C16H17N2O10P. The summed E-state index contributed by atoms with van der Waals surface area (Å²) in [5.41, 5.74) is -1.48. The Bertz CT molecular complexity index is 1030. The zero-order valence-corrected chi connectivity index (χ0v) is 15.5. The molecule has 0 unspecified atom stereocenters. The highest BCUT2D eigenvalue weighted by atomic mass is 31.2. The average Bonchev–Trinajstić information content (AvgIpc) is 2.98. The highest BCUT2D eigenvalue weighted by Gasteiger charge is 2.51. The van der Waals surface area contributed by atoms with Crippen LogP contribution in [0.5, 0.6) is 0 Å². The number of ether oxygens (including phenoxy) is 2. The van der Waals surface area contributed by atoms with Crippen LogP contribution in [0.1, 0.15) is 16.6 Å². The standard InChI is InChI=1S/C16H17N2O10P/c19-8-10-12(28-29(23,24)25)13(27-15(21)9-4-2-1-3-5-9)14(26-10)18-7-6-11(20)17-16(18)22/h1-7,10,12-14,19H,8H2,(H,17,20,22)(H2,23,24,25)/t10-,12-,13-,14-/m1/s1. The first-order valence-electron chi connectivity index (χ1n) is 8.27. The monoisotopic (exact) mass is 428 g/mol. The van der Waals surface area contributed by atoms with Crippen LogP contribution in [0.2, 0.25) is 0 Å². The van der Waals surface area contributed by atoms with Crippen molar-refractivity contribution in [2.24, 2.45) is 0 Å². The third kappa shape index (κ3) is 4.88. The van der Waals surface area contributed by atoms with Crippen molar-refractivity contribution in [1.29, 1.82) is 0 Å². The van der Waals surface area contributed by atoms with Gasteiger partial charge in [0.25, 0.3) is 5.56 Å². The second-order valence-electron chi connectivity index (χ2n) is 6.06. The van der Waals surface area contributed by atoms with Gasteiger partial charge in [-0.05, 0) is 12.1 Å². The fourth-order valence-corrected chi connectivity index (χ4v) is 3.46. The molecule has 29 heavy (non-hydrogen) atoms. The van der Waals surface area contributed by atoms with E-state index in [-0.39, 0.29) is 5.56 Å². The van der Waals surface area contributed by atoms with Gasteiger partial charge in [0.2, 0.25) is 0 Å². The van der Waals surface area contributed by atoms with Gasteiger partial charge in [-0.2, -0.15) is 0 Å². The van der Waals surface area contributed by atoms with Crippen molar-refractivity contribution in [1.82, 2.24) is 9.55 Å². The van der Waals surface area contributed by atoms with Crippen LogP contribution in [0, 0.1) is 0 Å². The molecule has 3 rings (SSSR count). The summed E-state index contributed by atoms with van der Waals surface area (Å²) in [5, 5.41) is 9.54. The molecule has 0 saturated carbocycles. The number of nitrogens with zero attached hydrogens (tertiary/aromatic N) is 1. The van der Waals surface area contributed by atoms with E-state index in [2.05, 4.69) is 4.52 Å². The summed E-state index contributed by atoms with van der Waals surface area (Å²) >= 11 is 0. The van der Waals surface area contributed by atoms with Crippen LogP contribution in [0.25, 0.3) is 0 Å². The maximum absolute atomic E-state index is 12.5. The van der Waals surface area contributed by atoms with Gasteiger partial charge in [0, 0.05) is 12.3 Å². The normalized spacial score (nSPS) is 24.4. The second-order valence-corrected chi connectivity index (χ2v) is 7.25. The molecule has 13 heteroatoms. The maximum Gasteiger partial charge on any atom is 0.470 e. The van der Waals surface area contributed by atoms with Crippen molar-refractivity contribution in [2.45, 2.75) is 24.5 Å². The Labute approximate surface area is 162 Å². The van der Waals surface area contributed by atoms with Crippen LogP contribution in [0.15, 0.2) is 52.2 Å². The van der Waals surface area contributed by atoms with Crippen molar-refractivity contribution >= 4 is 13.8 Å². The van der Waals surface area contributed by atoms with Gasteiger partial charge < -0.3 is 24.4 Å². The second kappa shape index (κ2) is 8.41. The minimum atomic E-state index is -5.08. The van der Waals surface area contributed by atoms with E-state index in [1.807, 2.05) is 4.98 Å². The molecule has 0 spiro atoms. The number of esters is 1. The Balaban J connectivity index is 2.00. The average molecular weight is 428 g/mol. The molecule has 4 N–H and O–H groups in total. The first-order chi connectivity index (χ1) is 13.7. The molecule has 1 fully saturated rings. The van der Waals surface area contributed by atoms with Gasteiger partial charge in [-0.1, -0.05) is 18.2 Å². The number of nitrogens with one attached hydrogen (secondary N) is 1. The molecule has 1 aromatic heterocycles. The number of aromatic nitrogens is 2. The lowest BCUT2D eigenvalue weighted by molar-refractivity contribution is -0.0603. The van der Waals surface area contributed by atoms with Gasteiger partial charge in [0.1, 0.15) is 12.2 Å². The summed E-state index contributed by atoms with van der Waals surface area (Å²) in [5.74, 6) is -0.875. The fourth-order valence-electron chi connectivity index (χ4n) is 2.88. The number of carbonyl (C=O) groups is 1. The molecule has 4 atom stereocenters. The molecule has 0 aliphatic carbocycles. The van der Waals surface area contributed by atoms with E-state index >= 15 is 0 Å². The van der Waals surface area contributed by atoms with Crippen molar-refractivity contribution in [3.05, 3.63) is 69.0 Å².